The van der Waals surface area contributed by atoms with E-state index in [0.29, 0.717) is 12.2 Å². The fourth-order valence-corrected chi connectivity index (χ4v) is 2.63. The Labute approximate surface area is 117 Å². The Balaban J connectivity index is 1.90. The van der Waals surface area contributed by atoms with Crippen molar-refractivity contribution in [2.24, 2.45) is 0 Å². The van der Waals surface area contributed by atoms with Gasteiger partial charge in [0.2, 0.25) is 0 Å². The summed E-state index contributed by atoms with van der Waals surface area (Å²) in [5.74, 6) is 0.832. The minimum atomic E-state index is -0.0748. The van der Waals surface area contributed by atoms with Crippen LogP contribution >= 0.6 is 0 Å². The van der Waals surface area contributed by atoms with E-state index in [-0.39, 0.29) is 18.0 Å². The second kappa shape index (κ2) is 4.73. The molecule has 1 aliphatic rings. The molecule has 0 bridgehead atoms. The number of aromatic nitrogens is 5. The first-order chi connectivity index (χ1) is 9.59. The summed E-state index contributed by atoms with van der Waals surface area (Å²) in [6.07, 6.45) is 3.39. The third kappa shape index (κ3) is 1.90. The van der Waals surface area contributed by atoms with Crippen LogP contribution in [0.4, 0.5) is 0 Å². The summed E-state index contributed by atoms with van der Waals surface area (Å²) >= 11 is 0. The topological polar surface area (TPSA) is 68.8 Å². The van der Waals surface area contributed by atoms with Gasteiger partial charge in [0.1, 0.15) is 12.0 Å². The fraction of sp³-hybridized carbons (Fsp3) is 0.538. The van der Waals surface area contributed by atoms with E-state index in [2.05, 4.69) is 15.3 Å². The molecule has 106 valence electrons. The zero-order valence-corrected chi connectivity index (χ0v) is 11.9. The predicted octanol–water partition coefficient (Wildman–Crippen LogP) is 1.27. The van der Waals surface area contributed by atoms with E-state index in [0.717, 1.165) is 12.4 Å². The van der Waals surface area contributed by atoms with Crippen LogP contribution in [0.25, 0.3) is 0 Å². The first-order valence-corrected chi connectivity index (χ1v) is 6.81. The Hall–Kier alpha value is -2.18. The second-order valence-corrected chi connectivity index (χ2v) is 5.31. The molecule has 0 N–H and O–H groups in total. The number of hydrogen-bond donors (Lipinski definition) is 0. The van der Waals surface area contributed by atoms with Crippen LogP contribution in [0.3, 0.4) is 0 Å². The number of carbonyl (C=O) groups excluding carboxylic acids is 1. The van der Waals surface area contributed by atoms with Crippen molar-refractivity contribution in [2.45, 2.75) is 39.4 Å². The van der Waals surface area contributed by atoms with E-state index in [1.807, 2.05) is 30.2 Å². The van der Waals surface area contributed by atoms with Crippen molar-refractivity contribution in [1.82, 2.24) is 29.4 Å². The lowest BCUT2D eigenvalue weighted by molar-refractivity contribution is 0.0622. The highest BCUT2D eigenvalue weighted by molar-refractivity contribution is 5.92. The van der Waals surface area contributed by atoms with Gasteiger partial charge >= 0.3 is 0 Å². The van der Waals surface area contributed by atoms with Crippen LogP contribution in [-0.2, 0) is 6.54 Å². The maximum Gasteiger partial charge on any atom is 0.272 e. The normalized spacial score (nSPS) is 18.4. The molecule has 0 aromatic carbocycles. The molecular formula is C13H18N6O. The molecule has 0 saturated carbocycles. The molecule has 0 radical (unpaired) electrons. The predicted molar refractivity (Wildman–Crippen MR) is 72.1 cm³/mol. The zero-order valence-electron chi connectivity index (χ0n) is 11.9. The van der Waals surface area contributed by atoms with Gasteiger partial charge in [-0.25, -0.2) is 0 Å². The molecule has 7 nitrogen and oxygen atoms in total. The summed E-state index contributed by atoms with van der Waals surface area (Å²) in [6.45, 7) is 7.40. The SMILES string of the molecule is CC1c2nncn2CCN1C(=O)c1ccnn1C(C)C. The van der Waals surface area contributed by atoms with Gasteiger partial charge in [-0.1, -0.05) is 0 Å². The zero-order chi connectivity index (χ0) is 14.3. The lowest BCUT2D eigenvalue weighted by atomic mass is 10.2. The highest BCUT2D eigenvalue weighted by atomic mass is 16.2. The lowest BCUT2D eigenvalue weighted by Crippen LogP contribution is -2.42. The van der Waals surface area contributed by atoms with Crippen LogP contribution in [-0.4, -0.2) is 41.9 Å². The highest BCUT2D eigenvalue weighted by Crippen LogP contribution is 2.25. The maximum absolute atomic E-state index is 12.7. The molecule has 1 atom stereocenters. The monoisotopic (exact) mass is 274 g/mol. The number of amides is 1. The van der Waals surface area contributed by atoms with Gasteiger partial charge in [-0.3, -0.25) is 9.48 Å². The lowest BCUT2D eigenvalue weighted by Gasteiger charge is -2.33. The van der Waals surface area contributed by atoms with Crippen LogP contribution < -0.4 is 0 Å². The molecule has 7 heteroatoms. The number of hydrogen-bond acceptors (Lipinski definition) is 4. The summed E-state index contributed by atoms with van der Waals surface area (Å²) in [4.78, 5) is 14.6. The van der Waals surface area contributed by atoms with Crippen LogP contribution in [0.5, 0.6) is 0 Å². The standard InChI is InChI=1S/C13H18N6O/c1-9(2)19-11(4-5-15-19)13(20)18-7-6-17-8-14-16-12(17)10(18)3/h4-5,8-10H,6-7H2,1-3H3. The van der Waals surface area contributed by atoms with Crippen molar-refractivity contribution in [2.75, 3.05) is 6.54 Å². The number of nitrogens with zero attached hydrogens (tertiary/aromatic N) is 6. The first-order valence-electron chi connectivity index (χ1n) is 6.81. The highest BCUT2D eigenvalue weighted by Gasteiger charge is 2.31. The summed E-state index contributed by atoms with van der Waals surface area (Å²) < 4.78 is 3.75. The number of carbonyl (C=O) groups is 1. The third-order valence-corrected chi connectivity index (χ3v) is 3.71. The van der Waals surface area contributed by atoms with Crippen LogP contribution in [0.1, 0.15) is 49.2 Å². The Bertz CT molecular complexity index is 628. The molecule has 0 spiro atoms. The van der Waals surface area contributed by atoms with Crippen molar-refractivity contribution in [3.63, 3.8) is 0 Å². The molecule has 3 rings (SSSR count). The quantitative estimate of drug-likeness (QED) is 0.827. The van der Waals surface area contributed by atoms with E-state index >= 15 is 0 Å². The van der Waals surface area contributed by atoms with Gasteiger partial charge in [-0.15, -0.1) is 10.2 Å². The Kier molecular flexibility index (Phi) is 3.04. The van der Waals surface area contributed by atoms with Crippen molar-refractivity contribution in [3.8, 4) is 0 Å². The first kappa shape index (κ1) is 12.8. The summed E-state index contributed by atoms with van der Waals surface area (Å²) in [7, 11) is 0. The Morgan fingerprint density at radius 1 is 1.40 bits per heavy atom. The molecule has 2 aromatic rings. The third-order valence-electron chi connectivity index (χ3n) is 3.71. The molecule has 2 aromatic heterocycles. The molecule has 1 amide bonds. The maximum atomic E-state index is 12.7. The van der Waals surface area contributed by atoms with Crippen LogP contribution in [0.15, 0.2) is 18.6 Å². The summed E-state index contributed by atoms with van der Waals surface area (Å²) in [5.41, 5.74) is 0.625. The van der Waals surface area contributed by atoms with Gasteiger partial charge in [-0.05, 0) is 26.8 Å². The average molecular weight is 274 g/mol. The molecule has 1 aliphatic heterocycles. The van der Waals surface area contributed by atoms with Crippen LogP contribution in [0, 0.1) is 0 Å². The molecular weight excluding hydrogens is 256 g/mol. The van der Waals surface area contributed by atoms with Gasteiger partial charge in [0.15, 0.2) is 5.82 Å². The number of fused-ring (bicyclic) bond motifs is 1. The van der Waals surface area contributed by atoms with Crippen LogP contribution in [0.2, 0.25) is 0 Å². The van der Waals surface area contributed by atoms with Crippen molar-refractivity contribution >= 4 is 5.91 Å². The van der Waals surface area contributed by atoms with Gasteiger partial charge in [0.05, 0.1) is 6.04 Å². The second-order valence-electron chi connectivity index (χ2n) is 5.31. The largest absolute Gasteiger partial charge is 0.326 e. The van der Waals surface area contributed by atoms with Crippen molar-refractivity contribution in [3.05, 3.63) is 30.1 Å². The summed E-state index contributed by atoms with van der Waals surface area (Å²) in [5, 5.41) is 12.2. The molecule has 20 heavy (non-hydrogen) atoms. The number of rotatable bonds is 2. The van der Waals surface area contributed by atoms with Crippen molar-refractivity contribution < 1.29 is 4.79 Å². The fourth-order valence-electron chi connectivity index (χ4n) is 2.63. The van der Waals surface area contributed by atoms with Gasteiger partial charge in [0, 0.05) is 25.3 Å². The molecule has 0 saturated heterocycles. The minimum Gasteiger partial charge on any atom is -0.326 e. The Morgan fingerprint density at radius 2 is 2.20 bits per heavy atom. The molecule has 0 fully saturated rings. The van der Waals surface area contributed by atoms with E-state index in [9.17, 15) is 4.79 Å². The Morgan fingerprint density at radius 3 is 2.95 bits per heavy atom. The minimum absolute atomic E-state index is 0.00190. The van der Waals surface area contributed by atoms with E-state index in [1.54, 1.807) is 23.3 Å². The molecule has 3 heterocycles. The van der Waals surface area contributed by atoms with Crippen molar-refractivity contribution in [1.29, 1.82) is 0 Å². The summed E-state index contributed by atoms with van der Waals surface area (Å²) in [6, 6.07) is 1.86. The van der Waals surface area contributed by atoms with Gasteiger partial charge in [0.25, 0.3) is 5.91 Å². The van der Waals surface area contributed by atoms with E-state index in [4.69, 9.17) is 0 Å². The molecule has 1 unspecified atom stereocenters. The smallest absolute Gasteiger partial charge is 0.272 e. The van der Waals surface area contributed by atoms with E-state index < -0.39 is 0 Å². The van der Waals surface area contributed by atoms with E-state index in [1.165, 1.54) is 0 Å². The van der Waals surface area contributed by atoms with Gasteiger partial charge in [-0.2, -0.15) is 5.10 Å². The average Bonchev–Trinajstić information content (AvgIpc) is 3.07. The molecule has 0 aliphatic carbocycles. The van der Waals surface area contributed by atoms with Gasteiger partial charge < -0.3 is 9.47 Å².